The van der Waals surface area contributed by atoms with Gasteiger partial charge in [-0.1, -0.05) is 47.7 Å². The lowest BCUT2D eigenvalue weighted by Crippen LogP contribution is -2.06. The largest absolute Gasteiger partial charge is 0.416 e. The van der Waals surface area contributed by atoms with E-state index in [2.05, 4.69) is 42.5 Å². The zero-order valence-electron chi connectivity index (χ0n) is 17.5. The second-order valence-electron chi connectivity index (χ2n) is 7.71. The molecular formula is C24H22F3N3S. The Bertz CT molecular complexity index is 1220. The lowest BCUT2D eigenvalue weighted by molar-refractivity contribution is -0.137. The van der Waals surface area contributed by atoms with Crippen molar-refractivity contribution in [1.82, 2.24) is 14.5 Å². The molecule has 2 aromatic heterocycles. The van der Waals surface area contributed by atoms with Crippen LogP contribution in [0.1, 0.15) is 33.4 Å². The SMILES string of the molecule is Cc1cc(C)c(Cn2c(SCc3cccc(C(F)(F)F)c3)nc3ccncc32)c(C)c1. The number of imidazole rings is 1. The molecule has 0 unspecified atom stereocenters. The van der Waals surface area contributed by atoms with E-state index >= 15 is 0 Å². The van der Waals surface area contributed by atoms with E-state index in [1.165, 1.54) is 46.1 Å². The summed E-state index contributed by atoms with van der Waals surface area (Å²) in [7, 11) is 0. The lowest BCUT2D eigenvalue weighted by Gasteiger charge is -2.15. The Morgan fingerprint density at radius 3 is 2.45 bits per heavy atom. The first-order valence-corrected chi connectivity index (χ1v) is 10.9. The van der Waals surface area contributed by atoms with Crippen LogP contribution < -0.4 is 0 Å². The van der Waals surface area contributed by atoms with Crippen LogP contribution in [0.2, 0.25) is 0 Å². The van der Waals surface area contributed by atoms with Crippen molar-refractivity contribution in [1.29, 1.82) is 0 Å². The maximum atomic E-state index is 13.1. The van der Waals surface area contributed by atoms with Gasteiger partial charge in [-0.3, -0.25) is 4.98 Å². The van der Waals surface area contributed by atoms with Gasteiger partial charge >= 0.3 is 6.18 Å². The highest BCUT2D eigenvalue weighted by molar-refractivity contribution is 7.98. The molecule has 0 aliphatic heterocycles. The van der Waals surface area contributed by atoms with E-state index < -0.39 is 11.7 Å². The zero-order valence-corrected chi connectivity index (χ0v) is 18.3. The standard InChI is InChI=1S/C24H22F3N3S/c1-15-9-16(2)20(17(3)10-15)13-30-22-12-28-8-7-21(22)29-23(30)31-14-18-5-4-6-19(11-18)24(25,26)27/h4-12H,13-14H2,1-3H3. The highest BCUT2D eigenvalue weighted by atomic mass is 32.2. The first-order valence-electron chi connectivity index (χ1n) is 9.88. The number of hydrogen-bond donors (Lipinski definition) is 0. The third-order valence-corrected chi connectivity index (χ3v) is 6.34. The molecule has 0 bridgehead atoms. The van der Waals surface area contributed by atoms with E-state index in [0.29, 0.717) is 17.9 Å². The molecule has 4 rings (SSSR count). The minimum absolute atomic E-state index is 0.395. The molecule has 0 fully saturated rings. The zero-order chi connectivity index (χ0) is 22.2. The quantitative estimate of drug-likeness (QED) is 0.322. The molecular weight excluding hydrogens is 419 g/mol. The molecule has 31 heavy (non-hydrogen) atoms. The third kappa shape index (κ3) is 4.61. The summed E-state index contributed by atoms with van der Waals surface area (Å²) in [4.78, 5) is 8.98. The van der Waals surface area contributed by atoms with Gasteiger partial charge in [-0.15, -0.1) is 0 Å². The Labute approximate surface area is 183 Å². The third-order valence-electron chi connectivity index (χ3n) is 5.29. The van der Waals surface area contributed by atoms with E-state index in [9.17, 15) is 13.2 Å². The average molecular weight is 442 g/mol. The summed E-state index contributed by atoms with van der Waals surface area (Å²) in [6, 6.07) is 11.6. The summed E-state index contributed by atoms with van der Waals surface area (Å²) in [6.07, 6.45) is -0.862. The number of halogens is 3. The molecule has 160 valence electrons. The average Bonchev–Trinajstić information content (AvgIpc) is 3.06. The molecule has 0 radical (unpaired) electrons. The Balaban J connectivity index is 1.68. The van der Waals surface area contributed by atoms with Crippen LogP contribution >= 0.6 is 11.8 Å². The fourth-order valence-electron chi connectivity index (χ4n) is 3.81. The van der Waals surface area contributed by atoms with Crippen molar-refractivity contribution in [3.8, 4) is 0 Å². The van der Waals surface area contributed by atoms with Crippen molar-refractivity contribution < 1.29 is 13.2 Å². The summed E-state index contributed by atoms with van der Waals surface area (Å²) < 4.78 is 41.3. The normalized spacial score (nSPS) is 11.9. The molecule has 0 atom stereocenters. The maximum Gasteiger partial charge on any atom is 0.416 e. The summed E-state index contributed by atoms with van der Waals surface area (Å²) in [5, 5.41) is 0.764. The smallest absolute Gasteiger partial charge is 0.313 e. The molecule has 7 heteroatoms. The Hall–Kier alpha value is -2.80. The number of aromatic nitrogens is 3. The van der Waals surface area contributed by atoms with E-state index in [-0.39, 0.29) is 0 Å². The summed E-state index contributed by atoms with van der Waals surface area (Å²) >= 11 is 1.44. The Morgan fingerprint density at radius 1 is 1.00 bits per heavy atom. The molecule has 0 saturated carbocycles. The molecule has 0 saturated heterocycles. The van der Waals surface area contributed by atoms with Gasteiger partial charge in [0, 0.05) is 11.9 Å². The van der Waals surface area contributed by atoms with Crippen LogP contribution in [0.5, 0.6) is 0 Å². The van der Waals surface area contributed by atoms with Crippen molar-refractivity contribution in [3.63, 3.8) is 0 Å². The van der Waals surface area contributed by atoms with Crippen LogP contribution in [0.15, 0.2) is 60.0 Å². The number of fused-ring (bicyclic) bond motifs is 1. The van der Waals surface area contributed by atoms with Crippen LogP contribution in [-0.4, -0.2) is 14.5 Å². The minimum atomic E-state index is -4.35. The van der Waals surface area contributed by atoms with E-state index in [1.807, 2.05) is 6.07 Å². The van der Waals surface area contributed by atoms with Gasteiger partial charge in [0.05, 0.1) is 29.3 Å². The van der Waals surface area contributed by atoms with Gasteiger partial charge in [-0.05, 0) is 55.2 Å². The summed E-state index contributed by atoms with van der Waals surface area (Å²) in [5.74, 6) is 0.395. The van der Waals surface area contributed by atoms with Crippen molar-refractivity contribution >= 4 is 22.8 Å². The predicted molar refractivity (Wildman–Crippen MR) is 118 cm³/mol. The molecule has 0 spiro atoms. The van der Waals surface area contributed by atoms with Gasteiger partial charge in [0.1, 0.15) is 0 Å². The van der Waals surface area contributed by atoms with Crippen molar-refractivity contribution in [2.45, 2.75) is 44.4 Å². The molecule has 0 aliphatic carbocycles. The van der Waals surface area contributed by atoms with Gasteiger partial charge in [-0.2, -0.15) is 13.2 Å². The van der Waals surface area contributed by atoms with E-state index in [4.69, 9.17) is 4.98 Å². The molecule has 0 N–H and O–H groups in total. The van der Waals surface area contributed by atoms with Crippen LogP contribution in [-0.2, 0) is 18.5 Å². The first kappa shape index (κ1) is 21.4. The predicted octanol–water partition coefficient (Wildman–Crippen LogP) is 6.72. The number of alkyl halides is 3. The van der Waals surface area contributed by atoms with E-state index in [0.717, 1.165) is 22.3 Å². The maximum absolute atomic E-state index is 13.1. The molecule has 0 amide bonds. The van der Waals surface area contributed by atoms with E-state index in [1.54, 1.807) is 18.5 Å². The van der Waals surface area contributed by atoms with Crippen molar-refractivity contribution in [2.24, 2.45) is 0 Å². The highest BCUT2D eigenvalue weighted by Crippen LogP contribution is 2.32. The number of thioether (sulfide) groups is 1. The van der Waals surface area contributed by atoms with Gasteiger partial charge in [0.25, 0.3) is 0 Å². The second-order valence-corrected chi connectivity index (χ2v) is 8.65. The first-order chi connectivity index (χ1) is 14.7. The van der Waals surface area contributed by atoms with Crippen LogP contribution in [0.25, 0.3) is 11.0 Å². The van der Waals surface area contributed by atoms with Crippen LogP contribution in [0, 0.1) is 20.8 Å². The number of aryl methyl sites for hydroxylation is 3. The Morgan fingerprint density at radius 2 is 1.74 bits per heavy atom. The number of rotatable bonds is 5. The highest BCUT2D eigenvalue weighted by Gasteiger charge is 2.30. The summed E-state index contributed by atoms with van der Waals surface area (Å²) in [6.45, 7) is 6.91. The number of hydrogen-bond acceptors (Lipinski definition) is 3. The van der Waals surface area contributed by atoms with Crippen LogP contribution in [0.4, 0.5) is 13.2 Å². The minimum Gasteiger partial charge on any atom is -0.313 e. The van der Waals surface area contributed by atoms with Gasteiger partial charge in [0.15, 0.2) is 5.16 Å². The van der Waals surface area contributed by atoms with Gasteiger partial charge in [0.2, 0.25) is 0 Å². The monoisotopic (exact) mass is 441 g/mol. The second kappa shape index (κ2) is 8.38. The number of pyridine rings is 1. The molecule has 3 nitrogen and oxygen atoms in total. The number of nitrogens with zero attached hydrogens (tertiary/aromatic N) is 3. The molecule has 0 aliphatic rings. The summed E-state index contributed by atoms with van der Waals surface area (Å²) in [5.41, 5.74) is 6.56. The van der Waals surface area contributed by atoms with Gasteiger partial charge < -0.3 is 4.57 Å². The van der Waals surface area contributed by atoms with Crippen molar-refractivity contribution in [3.05, 3.63) is 88.2 Å². The lowest BCUT2D eigenvalue weighted by atomic mass is 10.00. The Kier molecular flexibility index (Phi) is 5.79. The van der Waals surface area contributed by atoms with Crippen LogP contribution in [0.3, 0.4) is 0 Å². The molecule has 2 heterocycles. The van der Waals surface area contributed by atoms with Crippen molar-refractivity contribution in [2.75, 3.05) is 0 Å². The fraction of sp³-hybridized carbons (Fsp3) is 0.250. The molecule has 2 aromatic carbocycles. The fourth-order valence-corrected chi connectivity index (χ4v) is 4.77. The molecule has 4 aromatic rings. The topological polar surface area (TPSA) is 30.7 Å². The van der Waals surface area contributed by atoms with Gasteiger partial charge in [-0.25, -0.2) is 4.98 Å². The number of benzene rings is 2.